The molecule has 0 aliphatic carbocycles. The fourth-order valence-electron chi connectivity index (χ4n) is 1.95. The third-order valence-corrected chi connectivity index (χ3v) is 3.95. The summed E-state index contributed by atoms with van der Waals surface area (Å²) in [7, 11) is 0. The van der Waals surface area contributed by atoms with E-state index in [2.05, 4.69) is 0 Å². The molecule has 0 N–H and O–H groups in total. The molecular weight excluding hydrogens is 272 g/mol. The van der Waals surface area contributed by atoms with Gasteiger partial charge in [0.15, 0.2) is 5.78 Å². The number of Topliss-reactive ketones (excluding diaryl/α,β-unsaturated/α-hetero) is 1. The highest BCUT2D eigenvalue weighted by molar-refractivity contribution is 7.13. The topological polar surface area (TPSA) is 43.4 Å². The van der Waals surface area contributed by atoms with E-state index >= 15 is 0 Å². The summed E-state index contributed by atoms with van der Waals surface area (Å²) in [5, 5.41) is 1.96. The van der Waals surface area contributed by atoms with Crippen molar-refractivity contribution in [2.24, 2.45) is 0 Å². The average Bonchev–Trinajstić information content (AvgIpc) is 2.87. The number of ketones is 1. The van der Waals surface area contributed by atoms with Crippen LogP contribution in [-0.2, 0) is 16.0 Å². The molecule has 0 aliphatic rings. The second-order valence-electron chi connectivity index (χ2n) is 4.39. The Morgan fingerprint density at radius 1 is 1.15 bits per heavy atom. The molecule has 0 radical (unpaired) electrons. The molecule has 104 valence electrons. The van der Waals surface area contributed by atoms with E-state index in [1.807, 2.05) is 35.7 Å². The van der Waals surface area contributed by atoms with Crippen molar-refractivity contribution in [2.45, 2.75) is 20.3 Å². The van der Waals surface area contributed by atoms with Crippen LogP contribution in [0.25, 0.3) is 10.4 Å². The van der Waals surface area contributed by atoms with Gasteiger partial charge in [-0.3, -0.25) is 9.59 Å². The van der Waals surface area contributed by atoms with Crippen LogP contribution in [-0.4, -0.2) is 18.4 Å². The molecule has 0 spiro atoms. The Balaban J connectivity index is 2.23. The van der Waals surface area contributed by atoms with Gasteiger partial charge in [0.25, 0.3) is 0 Å². The van der Waals surface area contributed by atoms with E-state index < -0.39 is 0 Å². The van der Waals surface area contributed by atoms with Crippen LogP contribution in [0.15, 0.2) is 35.7 Å². The minimum atomic E-state index is -0.215. The lowest BCUT2D eigenvalue weighted by molar-refractivity contribution is -0.142. The van der Waals surface area contributed by atoms with Crippen molar-refractivity contribution < 1.29 is 14.3 Å². The second-order valence-corrected chi connectivity index (χ2v) is 5.31. The molecule has 1 aromatic carbocycles. The van der Waals surface area contributed by atoms with Crippen LogP contribution in [0.5, 0.6) is 0 Å². The fraction of sp³-hybridized carbons (Fsp3) is 0.250. The van der Waals surface area contributed by atoms with Gasteiger partial charge in [-0.1, -0.05) is 24.3 Å². The minimum absolute atomic E-state index is 0.0504. The summed E-state index contributed by atoms with van der Waals surface area (Å²) in [6.07, 6.45) is 0.279. The van der Waals surface area contributed by atoms with Crippen LogP contribution in [0.3, 0.4) is 0 Å². The van der Waals surface area contributed by atoms with E-state index in [1.165, 1.54) is 0 Å². The summed E-state index contributed by atoms with van der Waals surface area (Å²) in [6.45, 7) is 3.74. The molecule has 4 heteroatoms. The first-order chi connectivity index (χ1) is 9.61. The van der Waals surface area contributed by atoms with E-state index in [9.17, 15) is 9.59 Å². The molecule has 0 bridgehead atoms. The highest BCUT2D eigenvalue weighted by Gasteiger charge is 2.12. The van der Waals surface area contributed by atoms with Gasteiger partial charge in [-0.05, 0) is 36.4 Å². The van der Waals surface area contributed by atoms with E-state index in [1.54, 1.807) is 25.2 Å². The number of benzene rings is 1. The first-order valence-corrected chi connectivity index (χ1v) is 7.33. The van der Waals surface area contributed by atoms with Crippen molar-refractivity contribution in [3.8, 4) is 10.4 Å². The molecule has 2 aromatic rings. The number of ether oxygens (including phenoxy) is 1. The lowest BCUT2D eigenvalue weighted by Gasteiger charge is -2.05. The zero-order chi connectivity index (χ0) is 14.5. The quantitative estimate of drug-likeness (QED) is 0.622. The molecule has 0 aliphatic heterocycles. The number of thiophene rings is 1. The Labute approximate surface area is 122 Å². The lowest BCUT2D eigenvalue weighted by Crippen LogP contribution is -2.07. The smallest absolute Gasteiger partial charge is 0.310 e. The second kappa shape index (κ2) is 6.48. The van der Waals surface area contributed by atoms with Crippen LogP contribution < -0.4 is 0 Å². The van der Waals surface area contributed by atoms with E-state index in [-0.39, 0.29) is 18.2 Å². The van der Waals surface area contributed by atoms with Crippen molar-refractivity contribution >= 4 is 23.1 Å². The predicted molar refractivity (Wildman–Crippen MR) is 80.1 cm³/mol. The molecule has 3 nitrogen and oxygen atoms in total. The van der Waals surface area contributed by atoms with Gasteiger partial charge in [0, 0.05) is 10.4 Å². The number of hydrogen-bond donors (Lipinski definition) is 0. The molecular formula is C16H16O3S. The maximum atomic E-state index is 11.6. The molecule has 1 heterocycles. The maximum Gasteiger partial charge on any atom is 0.310 e. The SMILES string of the molecule is CCOC(=O)Cc1ccsc1-c1ccc(C(C)=O)cc1. The first kappa shape index (κ1) is 14.5. The van der Waals surface area contributed by atoms with Crippen molar-refractivity contribution in [2.75, 3.05) is 6.61 Å². The van der Waals surface area contributed by atoms with Crippen LogP contribution in [0, 0.1) is 0 Å². The number of carbonyl (C=O) groups excluding carboxylic acids is 2. The lowest BCUT2D eigenvalue weighted by atomic mass is 10.0. The summed E-state index contributed by atoms with van der Waals surface area (Å²) in [6, 6.07) is 9.39. The Morgan fingerprint density at radius 3 is 2.45 bits per heavy atom. The van der Waals surface area contributed by atoms with Crippen LogP contribution in [0.4, 0.5) is 0 Å². The highest BCUT2D eigenvalue weighted by Crippen LogP contribution is 2.30. The minimum Gasteiger partial charge on any atom is -0.466 e. The maximum absolute atomic E-state index is 11.6. The largest absolute Gasteiger partial charge is 0.466 e. The van der Waals surface area contributed by atoms with Gasteiger partial charge in [0.2, 0.25) is 0 Å². The van der Waals surface area contributed by atoms with Crippen molar-refractivity contribution in [3.05, 3.63) is 46.8 Å². The van der Waals surface area contributed by atoms with Crippen LogP contribution in [0.2, 0.25) is 0 Å². The van der Waals surface area contributed by atoms with Gasteiger partial charge >= 0.3 is 5.97 Å². The predicted octanol–water partition coefficient (Wildman–Crippen LogP) is 3.72. The van der Waals surface area contributed by atoms with Crippen molar-refractivity contribution in [1.29, 1.82) is 0 Å². The molecule has 0 fully saturated rings. The summed E-state index contributed by atoms with van der Waals surface area (Å²) < 4.78 is 4.98. The standard InChI is InChI=1S/C16H16O3S/c1-3-19-15(18)10-14-8-9-20-16(14)13-6-4-12(5-7-13)11(2)17/h4-9H,3,10H2,1-2H3. The van der Waals surface area contributed by atoms with Gasteiger partial charge in [0.05, 0.1) is 13.0 Å². The van der Waals surface area contributed by atoms with Gasteiger partial charge in [0.1, 0.15) is 0 Å². The van der Waals surface area contributed by atoms with E-state index in [0.717, 1.165) is 16.0 Å². The molecule has 1 aromatic heterocycles. The van der Waals surface area contributed by atoms with E-state index in [4.69, 9.17) is 4.74 Å². The number of carbonyl (C=O) groups is 2. The number of rotatable bonds is 5. The van der Waals surface area contributed by atoms with Gasteiger partial charge < -0.3 is 4.74 Å². The molecule has 0 atom stereocenters. The summed E-state index contributed by atoms with van der Waals surface area (Å²) in [5.74, 6) is -0.165. The summed E-state index contributed by atoms with van der Waals surface area (Å²) >= 11 is 1.58. The Morgan fingerprint density at radius 2 is 1.85 bits per heavy atom. The Bertz CT molecular complexity index is 611. The number of esters is 1. The Kier molecular flexibility index (Phi) is 4.69. The first-order valence-electron chi connectivity index (χ1n) is 6.45. The zero-order valence-electron chi connectivity index (χ0n) is 11.5. The summed E-state index contributed by atoms with van der Waals surface area (Å²) in [5.41, 5.74) is 2.67. The molecule has 0 unspecified atom stereocenters. The fourth-order valence-corrected chi connectivity index (χ4v) is 2.88. The van der Waals surface area contributed by atoms with Gasteiger partial charge in [-0.2, -0.15) is 0 Å². The molecule has 20 heavy (non-hydrogen) atoms. The van der Waals surface area contributed by atoms with Crippen LogP contribution >= 0.6 is 11.3 Å². The third-order valence-electron chi connectivity index (χ3n) is 2.94. The number of hydrogen-bond acceptors (Lipinski definition) is 4. The molecule has 2 rings (SSSR count). The highest BCUT2D eigenvalue weighted by atomic mass is 32.1. The van der Waals surface area contributed by atoms with E-state index in [0.29, 0.717) is 12.2 Å². The zero-order valence-corrected chi connectivity index (χ0v) is 12.3. The van der Waals surface area contributed by atoms with Gasteiger partial charge in [-0.25, -0.2) is 0 Å². The molecule has 0 amide bonds. The normalized spacial score (nSPS) is 10.3. The Hall–Kier alpha value is -1.94. The molecule has 0 saturated carbocycles. The van der Waals surface area contributed by atoms with Crippen LogP contribution in [0.1, 0.15) is 29.8 Å². The van der Waals surface area contributed by atoms with Crippen molar-refractivity contribution in [3.63, 3.8) is 0 Å². The third kappa shape index (κ3) is 3.33. The monoisotopic (exact) mass is 288 g/mol. The summed E-state index contributed by atoms with van der Waals surface area (Å²) in [4.78, 5) is 23.9. The van der Waals surface area contributed by atoms with Gasteiger partial charge in [-0.15, -0.1) is 11.3 Å². The molecule has 0 saturated heterocycles. The average molecular weight is 288 g/mol. The van der Waals surface area contributed by atoms with Crippen molar-refractivity contribution in [1.82, 2.24) is 0 Å².